The van der Waals surface area contributed by atoms with E-state index in [-0.39, 0.29) is 5.91 Å². The zero-order chi connectivity index (χ0) is 19.9. The third-order valence-corrected chi connectivity index (χ3v) is 5.94. The number of amides is 1. The van der Waals surface area contributed by atoms with E-state index in [9.17, 15) is 4.79 Å². The van der Waals surface area contributed by atoms with Crippen LogP contribution in [0.3, 0.4) is 0 Å². The predicted octanol–water partition coefficient (Wildman–Crippen LogP) is 3.30. The van der Waals surface area contributed by atoms with E-state index in [0.29, 0.717) is 18.9 Å². The highest BCUT2D eigenvalue weighted by Gasteiger charge is 2.21. The summed E-state index contributed by atoms with van der Waals surface area (Å²) in [5.74, 6) is 1.48. The molecule has 2 N–H and O–H groups in total. The molecule has 6 nitrogen and oxygen atoms in total. The van der Waals surface area contributed by atoms with Gasteiger partial charge in [0.15, 0.2) is 5.96 Å². The van der Waals surface area contributed by atoms with Crippen LogP contribution in [0.1, 0.15) is 48.9 Å². The molecular weight excluding hydrogens is 370 g/mol. The van der Waals surface area contributed by atoms with Crippen LogP contribution in [0.25, 0.3) is 0 Å². The van der Waals surface area contributed by atoms with E-state index in [1.54, 1.807) is 18.4 Å². The monoisotopic (exact) mass is 399 g/mol. The molecule has 0 saturated carbocycles. The highest BCUT2D eigenvalue weighted by molar-refractivity contribution is 7.09. The van der Waals surface area contributed by atoms with Crippen molar-refractivity contribution in [3.63, 3.8) is 0 Å². The average Bonchev–Trinajstić information content (AvgIpc) is 3.34. The van der Waals surface area contributed by atoms with Gasteiger partial charge in [-0.1, -0.05) is 26.0 Å². The second-order valence-corrected chi connectivity index (χ2v) is 8.14. The number of hydrogen-bond acceptors (Lipinski definition) is 4. The summed E-state index contributed by atoms with van der Waals surface area (Å²) >= 11 is 1.73. The van der Waals surface area contributed by atoms with Crippen LogP contribution in [0, 0.1) is 0 Å². The van der Waals surface area contributed by atoms with E-state index >= 15 is 0 Å². The lowest BCUT2D eigenvalue weighted by molar-refractivity contribution is -0.117. The van der Waals surface area contributed by atoms with Gasteiger partial charge in [-0.2, -0.15) is 0 Å². The second-order valence-electron chi connectivity index (χ2n) is 7.25. The molecular formula is C21H29N5OS. The van der Waals surface area contributed by atoms with Crippen molar-refractivity contribution in [3.8, 4) is 0 Å². The Morgan fingerprint density at radius 3 is 2.68 bits per heavy atom. The topological polar surface area (TPSA) is 69.6 Å². The zero-order valence-electron chi connectivity index (χ0n) is 16.9. The fourth-order valence-electron chi connectivity index (χ4n) is 3.13. The molecule has 1 saturated heterocycles. The minimum atomic E-state index is 0.219. The molecule has 1 aliphatic rings. The quantitative estimate of drug-likeness (QED) is 0.554. The minimum Gasteiger partial charge on any atom is -0.356 e. The molecule has 1 fully saturated rings. The first-order valence-corrected chi connectivity index (χ1v) is 10.7. The van der Waals surface area contributed by atoms with Crippen LogP contribution in [0.5, 0.6) is 0 Å². The molecule has 3 rings (SSSR count). The Labute approximate surface area is 171 Å². The summed E-state index contributed by atoms with van der Waals surface area (Å²) in [6.07, 6.45) is 2.48. The van der Waals surface area contributed by atoms with Gasteiger partial charge in [-0.05, 0) is 24.1 Å². The summed E-state index contributed by atoms with van der Waals surface area (Å²) < 4.78 is 0. The van der Waals surface area contributed by atoms with Crippen molar-refractivity contribution >= 4 is 28.9 Å². The van der Waals surface area contributed by atoms with E-state index in [0.717, 1.165) is 48.8 Å². The maximum Gasteiger partial charge on any atom is 0.227 e. The lowest BCUT2D eigenvalue weighted by Gasteiger charge is -2.16. The number of aromatic nitrogens is 1. The molecule has 1 aromatic heterocycles. The molecule has 0 unspecified atom stereocenters. The number of thiazole rings is 1. The first-order valence-electron chi connectivity index (χ1n) is 9.85. The third kappa shape index (κ3) is 5.32. The van der Waals surface area contributed by atoms with Crippen molar-refractivity contribution in [2.45, 2.75) is 45.6 Å². The van der Waals surface area contributed by atoms with E-state index < -0.39 is 0 Å². The van der Waals surface area contributed by atoms with Gasteiger partial charge in [0.2, 0.25) is 5.91 Å². The Kier molecular flexibility index (Phi) is 7.03. The van der Waals surface area contributed by atoms with Crippen molar-refractivity contribution < 1.29 is 4.79 Å². The highest BCUT2D eigenvalue weighted by atomic mass is 32.1. The highest BCUT2D eigenvalue weighted by Crippen LogP contribution is 2.21. The molecule has 0 aliphatic carbocycles. The second kappa shape index (κ2) is 9.68. The molecule has 1 amide bonds. The van der Waals surface area contributed by atoms with Crippen LogP contribution in [0.2, 0.25) is 0 Å². The van der Waals surface area contributed by atoms with Crippen LogP contribution in [-0.2, 0) is 17.8 Å². The van der Waals surface area contributed by atoms with Gasteiger partial charge in [-0.25, -0.2) is 4.98 Å². The van der Waals surface area contributed by atoms with Gasteiger partial charge >= 0.3 is 0 Å². The standard InChI is InChI=1S/C21H29N5OS/c1-15(2)20-25-17(14-28-20)10-11-23-21(22-3)24-13-16-6-8-18(9-7-16)26-12-4-5-19(26)27/h6-9,14-15H,4-5,10-13H2,1-3H3,(H2,22,23,24). The van der Waals surface area contributed by atoms with Crippen LogP contribution in [0.4, 0.5) is 5.69 Å². The first kappa shape index (κ1) is 20.3. The van der Waals surface area contributed by atoms with Crippen molar-refractivity contribution in [1.29, 1.82) is 0 Å². The van der Waals surface area contributed by atoms with Gasteiger partial charge in [-0.15, -0.1) is 11.3 Å². The number of carbonyl (C=O) groups excluding carboxylic acids is 1. The lowest BCUT2D eigenvalue weighted by Crippen LogP contribution is -2.37. The molecule has 0 atom stereocenters. The molecule has 2 heterocycles. The molecule has 0 spiro atoms. The van der Waals surface area contributed by atoms with Gasteiger partial charge in [0.1, 0.15) is 0 Å². The number of rotatable bonds is 7. The summed E-state index contributed by atoms with van der Waals surface area (Å²) in [6.45, 7) is 6.63. The molecule has 1 aromatic carbocycles. The fourth-order valence-corrected chi connectivity index (χ4v) is 4.00. The van der Waals surface area contributed by atoms with E-state index in [1.165, 1.54) is 5.01 Å². The molecule has 28 heavy (non-hydrogen) atoms. The summed E-state index contributed by atoms with van der Waals surface area (Å²) in [7, 11) is 1.77. The van der Waals surface area contributed by atoms with E-state index in [4.69, 9.17) is 0 Å². The van der Waals surface area contributed by atoms with Gasteiger partial charge in [0.05, 0.1) is 10.7 Å². The number of hydrogen-bond donors (Lipinski definition) is 2. The van der Waals surface area contributed by atoms with Crippen LogP contribution in [0.15, 0.2) is 34.6 Å². The van der Waals surface area contributed by atoms with Crippen molar-refractivity contribution in [1.82, 2.24) is 15.6 Å². The Hall–Kier alpha value is -2.41. The molecule has 1 aliphatic heterocycles. The number of aliphatic imine (C=N–C) groups is 1. The molecule has 150 valence electrons. The van der Waals surface area contributed by atoms with Gasteiger partial charge < -0.3 is 15.5 Å². The van der Waals surface area contributed by atoms with E-state index in [1.807, 2.05) is 17.0 Å². The van der Waals surface area contributed by atoms with Crippen LogP contribution in [-0.4, -0.2) is 37.0 Å². The summed E-state index contributed by atoms with van der Waals surface area (Å²) in [5.41, 5.74) is 3.26. The third-order valence-electron chi connectivity index (χ3n) is 4.74. The average molecular weight is 400 g/mol. The predicted molar refractivity (Wildman–Crippen MR) is 116 cm³/mol. The summed E-state index contributed by atoms with van der Waals surface area (Å²) in [6, 6.07) is 8.16. The largest absolute Gasteiger partial charge is 0.356 e. The number of carbonyl (C=O) groups is 1. The van der Waals surface area contributed by atoms with Crippen LogP contribution >= 0.6 is 11.3 Å². The zero-order valence-corrected chi connectivity index (χ0v) is 17.7. The Bertz CT molecular complexity index is 812. The summed E-state index contributed by atoms with van der Waals surface area (Å²) in [5, 5.41) is 10.0. The number of nitrogens with zero attached hydrogens (tertiary/aromatic N) is 3. The smallest absolute Gasteiger partial charge is 0.227 e. The minimum absolute atomic E-state index is 0.219. The maximum atomic E-state index is 11.8. The molecule has 0 radical (unpaired) electrons. The van der Waals surface area contributed by atoms with Crippen molar-refractivity contribution in [2.75, 3.05) is 25.0 Å². The number of guanidine groups is 1. The Balaban J connectivity index is 1.44. The van der Waals surface area contributed by atoms with Gasteiger partial charge in [0.25, 0.3) is 0 Å². The molecule has 2 aromatic rings. The fraction of sp³-hybridized carbons (Fsp3) is 0.476. The summed E-state index contributed by atoms with van der Waals surface area (Å²) in [4.78, 5) is 22.6. The number of anilines is 1. The number of nitrogens with one attached hydrogen (secondary N) is 2. The Morgan fingerprint density at radius 2 is 2.07 bits per heavy atom. The van der Waals surface area contributed by atoms with E-state index in [2.05, 4.69) is 52.0 Å². The molecule has 7 heteroatoms. The molecule has 0 bridgehead atoms. The van der Waals surface area contributed by atoms with Gasteiger partial charge in [0, 0.05) is 56.5 Å². The maximum absolute atomic E-state index is 11.8. The number of benzene rings is 1. The Morgan fingerprint density at radius 1 is 1.29 bits per heavy atom. The normalized spacial score (nSPS) is 14.8. The van der Waals surface area contributed by atoms with Crippen molar-refractivity contribution in [3.05, 3.63) is 45.9 Å². The van der Waals surface area contributed by atoms with Gasteiger partial charge in [-0.3, -0.25) is 9.79 Å². The van der Waals surface area contributed by atoms with Crippen LogP contribution < -0.4 is 15.5 Å². The SMILES string of the molecule is CN=C(NCCc1csc(C(C)C)n1)NCc1ccc(N2CCCC2=O)cc1. The lowest BCUT2D eigenvalue weighted by atomic mass is 10.2. The van der Waals surface area contributed by atoms with Crippen molar-refractivity contribution in [2.24, 2.45) is 4.99 Å². The first-order chi connectivity index (χ1) is 13.6.